The normalized spacial score (nSPS) is 29.9. The molecule has 4 heteroatoms. The predicted octanol–water partition coefficient (Wildman–Crippen LogP) is 1.98. The maximum absolute atomic E-state index is 11.6. The van der Waals surface area contributed by atoms with Crippen molar-refractivity contribution in [3.8, 4) is 0 Å². The van der Waals surface area contributed by atoms with Gasteiger partial charge in [-0.2, -0.15) is 0 Å². The summed E-state index contributed by atoms with van der Waals surface area (Å²) in [7, 11) is 1.76. The summed E-state index contributed by atoms with van der Waals surface area (Å²) in [4.78, 5) is 11.6. The Morgan fingerprint density at radius 2 is 1.89 bits per heavy atom. The molecule has 1 N–H and O–H groups in total. The fourth-order valence-corrected chi connectivity index (χ4v) is 2.75. The molecule has 18 heavy (non-hydrogen) atoms. The van der Waals surface area contributed by atoms with Crippen molar-refractivity contribution >= 4 is 5.97 Å². The van der Waals surface area contributed by atoms with Crippen LogP contribution in [0.25, 0.3) is 0 Å². The number of likely N-dealkylation sites (N-methyl/N-ethyl adjacent to an activating group) is 1. The molecule has 0 radical (unpaired) electrons. The highest BCUT2D eigenvalue weighted by Gasteiger charge is 2.26. The molecule has 0 heterocycles. The quantitative estimate of drug-likeness (QED) is 0.739. The average molecular weight is 257 g/mol. The van der Waals surface area contributed by atoms with E-state index in [4.69, 9.17) is 9.47 Å². The van der Waals surface area contributed by atoms with Gasteiger partial charge < -0.3 is 14.8 Å². The Hall–Kier alpha value is -0.610. The molecular formula is C14H27NO3. The van der Waals surface area contributed by atoms with Gasteiger partial charge in [-0.15, -0.1) is 0 Å². The predicted molar refractivity (Wildman–Crippen MR) is 71.4 cm³/mol. The number of esters is 1. The summed E-state index contributed by atoms with van der Waals surface area (Å²) in [5, 5.41) is 2.95. The van der Waals surface area contributed by atoms with Crippen molar-refractivity contribution in [3.63, 3.8) is 0 Å². The summed E-state index contributed by atoms with van der Waals surface area (Å²) in [5.41, 5.74) is 0. The molecule has 1 saturated carbocycles. The van der Waals surface area contributed by atoms with Gasteiger partial charge >= 0.3 is 5.97 Å². The smallest absolute Gasteiger partial charge is 0.325 e. The Kier molecular flexibility index (Phi) is 6.65. The van der Waals surface area contributed by atoms with Gasteiger partial charge in [0.25, 0.3) is 0 Å². The van der Waals surface area contributed by atoms with Gasteiger partial charge in [-0.1, -0.05) is 13.8 Å². The van der Waals surface area contributed by atoms with Gasteiger partial charge in [-0.3, -0.25) is 4.79 Å². The Morgan fingerprint density at radius 1 is 1.28 bits per heavy atom. The van der Waals surface area contributed by atoms with Crippen LogP contribution >= 0.6 is 0 Å². The van der Waals surface area contributed by atoms with E-state index in [1.165, 1.54) is 6.42 Å². The van der Waals surface area contributed by atoms with Crippen molar-refractivity contribution in [2.45, 2.75) is 52.2 Å². The van der Waals surface area contributed by atoms with Crippen LogP contribution in [0.5, 0.6) is 0 Å². The largest absolute Gasteiger partial charge is 0.465 e. The van der Waals surface area contributed by atoms with E-state index in [0.717, 1.165) is 24.7 Å². The second-order valence-corrected chi connectivity index (χ2v) is 5.47. The van der Waals surface area contributed by atoms with Crippen LogP contribution < -0.4 is 5.32 Å². The molecule has 1 rings (SSSR count). The van der Waals surface area contributed by atoms with E-state index in [2.05, 4.69) is 19.2 Å². The number of hydrogen-bond acceptors (Lipinski definition) is 4. The van der Waals surface area contributed by atoms with Crippen LogP contribution in [0.15, 0.2) is 0 Å². The molecule has 0 bridgehead atoms. The van der Waals surface area contributed by atoms with E-state index in [0.29, 0.717) is 13.2 Å². The summed E-state index contributed by atoms with van der Waals surface area (Å²) in [6.45, 7) is 7.17. The highest BCUT2D eigenvalue weighted by molar-refractivity contribution is 5.75. The van der Waals surface area contributed by atoms with E-state index < -0.39 is 0 Å². The zero-order chi connectivity index (χ0) is 13.5. The van der Waals surface area contributed by atoms with Gasteiger partial charge in [0.1, 0.15) is 6.04 Å². The van der Waals surface area contributed by atoms with Gasteiger partial charge in [0.2, 0.25) is 0 Å². The third kappa shape index (κ3) is 4.94. The van der Waals surface area contributed by atoms with E-state index >= 15 is 0 Å². The standard InChI is InChI=1S/C14H27NO3/c1-5-17-14(16)13(15-4)9-18-12-7-10(2)6-11(3)8-12/h10-13,15H,5-9H2,1-4H3. The van der Waals surface area contributed by atoms with Crippen molar-refractivity contribution in [2.24, 2.45) is 11.8 Å². The van der Waals surface area contributed by atoms with Gasteiger partial charge in [0.05, 0.1) is 19.3 Å². The molecule has 0 spiro atoms. The molecule has 0 aromatic rings. The minimum Gasteiger partial charge on any atom is -0.465 e. The average Bonchev–Trinajstić information content (AvgIpc) is 2.29. The minimum atomic E-state index is -0.350. The molecule has 4 nitrogen and oxygen atoms in total. The maximum atomic E-state index is 11.6. The molecule has 106 valence electrons. The lowest BCUT2D eigenvalue weighted by Crippen LogP contribution is -2.41. The third-order valence-corrected chi connectivity index (χ3v) is 3.55. The van der Waals surface area contributed by atoms with Crippen molar-refractivity contribution in [1.82, 2.24) is 5.32 Å². The first-order valence-electron chi connectivity index (χ1n) is 7.02. The second-order valence-electron chi connectivity index (χ2n) is 5.47. The zero-order valence-electron chi connectivity index (χ0n) is 12.1. The number of hydrogen-bond donors (Lipinski definition) is 1. The Bertz CT molecular complexity index is 247. The second kappa shape index (κ2) is 7.74. The fraction of sp³-hybridized carbons (Fsp3) is 0.929. The molecule has 3 atom stereocenters. The minimum absolute atomic E-state index is 0.225. The summed E-state index contributed by atoms with van der Waals surface area (Å²) < 4.78 is 10.9. The fourth-order valence-electron chi connectivity index (χ4n) is 2.75. The van der Waals surface area contributed by atoms with Gasteiger partial charge in [0.15, 0.2) is 0 Å². The molecule has 0 saturated heterocycles. The lowest BCUT2D eigenvalue weighted by molar-refractivity contribution is -0.148. The number of carbonyl (C=O) groups is 1. The van der Waals surface area contributed by atoms with Crippen LogP contribution in [0.3, 0.4) is 0 Å². The Labute approximate surface area is 110 Å². The van der Waals surface area contributed by atoms with Crippen LogP contribution in [0, 0.1) is 11.8 Å². The lowest BCUT2D eigenvalue weighted by Gasteiger charge is -2.32. The molecule has 0 aromatic carbocycles. The van der Waals surface area contributed by atoms with Gasteiger partial charge in [-0.05, 0) is 45.1 Å². The first-order chi connectivity index (χ1) is 8.56. The van der Waals surface area contributed by atoms with Crippen molar-refractivity contribution in [1.29, 1.82) is 0 Å². The highest BCUT2D eigenvalue weighted by atomic mass is 16.5. The number of nitrogens with one attached hydrogen (secondary N) is 1. The Balaban J connectivity index is 2.35. The van der Waals surface area contributed by atoms with Crippen LogP contribution in [-0.4, -0.2) is 38.4 Å². The molecule has 1 aliphatic carbocycles. The SMILES string of the molecule is CCOC(=O)C(COC1CC(C)CC(C)C1)NC. The van der Waals surface area contributed by atoms with Crippen LogP contribution in [0.4, 0.5) is 0 Å². The van der Waals surface area contributed by atoms with Crippen molar-refractivity contribution in [3.05, 3.63) is 0 Å². The summed E-state index contributed by atoms with van der Waals surface area (Å²) in [6.07, 6.45) is 3.77. The summed E-state index contributed by atoms with van der Waals surface area (Å²) in [5.74, 6) is 1.21. The molecule has 0 aromatic heterocycles. The van der Waals surface area contributed by atoms with Crippen LogP contribution in [0.2, 0.25) is 0 Å². The number of ether oxygens (including phenoxy) is 2. The highest BCUT2D eigenvalue weighted by Crippen LogP contribution is 2.30. The molecule has 0 aliphatic heterocycles. The first-order valence-corrected chi connectivity index (χ1v) is 7.02. The lowest BCUT2D eigenvalue weighted by atomic mass is 9.82. The Morgan fingerprint density at radius 3 is 2.39 bits per heavy atom. The molecule has 0 amide bonds. The van der Waals surface area contributed by atoms with Crippen molar-refractivity contribution < 1.29 is 14.3 Å². The zero-order valence-corrected chi connectivity index (χ0v) is 12.1. The van der Waals surface area contributed by atoms with Gasteiger partial charge in [0, 0.05) is 0 Å². The number of rotatable bonds is 6. The maximum Gasteiger partial charge on any atom is 0.325 e. The summed E-state index contributed by atoms with van der Waals surface area (Å²) >= 11 is 0. The van der Waals surface area contributed by atoms with Crippen LogP contribution in [0.1, 0.15) is 40.0 Å². The van der Waals surface area contributed by atoms with E-state index in [1.807, 2.05) is 6.92 Å². The first kappa shape index (κ1) is 15.4. The molecular weight excluding hydrogens is 230 g/mol. The monoisotopic (exact) mass is 257 g/mol. The molecule has 1 aliphatic rings. The topological polar surface area (TPSA) is 47.6 Å². The third-order valence-electron chi connectivity index (χ3n) is 3.55. The van der Waals surface area contributed by atoms with E-state index in [9.17, 15) is 4.79 Å². The van der Waals surface area contributed by atoms with Crippen molar-refractivity contribution in [2.75, 3.05) is 20.3 Å². The molecule has 3 unspecified atom stereocenters. The molecule has 1 fully saturated rings. The van der Waals surface area contributed by atoms with Gasteiger partial charge in [-0.25, -0.2) is 0 Å². The van der Waals surface area contributed by atoms with E-state index in [-0.39, 0.29) is 18.1 Å². The van der Waals surface area contributed by atoms with E-state index in [1.54, 1.807) is 7.05 Å². The van der Waals surface area contributed by atoms with Crippen LogP contribution in [-0.2, 0) is 14.3 Å². The summed E-state index contributed by atoms with van der Waals surface area (Å²) in [6, 6.07) is -0.350. The number of carbonyl (C=O) groups excluding carboxylic acids is 1.